The maximum atomic E-state index is 11.7. The third-order valence-corrected chi connectivity index (χ3v) is 4.02. The lowest BCUT2D eigenvalue weighted by atomic mass is 9.92. The molecule has 6 heteroatoms. The lowest BCUT2D eigenvalue weighted by Gasteiger charge is -2.22. The molecule has 0 aliphatic carbocycles. The van der Waals surface area contributed by atoms with Crippen molar-refractivity contribution < 1.29 is 14.8 Å². The van der Waals surface area contributed by atoms with E-state index in [9.17, 15) is 20.0 Å². The number of nitrogens with zero attached hydrogens (tertiary/aromatic N) is 1. The Labute approximate surface area is 143 Å². The molecule has 2 N–H and O–H groups in total. The van der Waals surface area contributed by atoms with Gasteiger partial charge in [0.25, 0.3) is 5.69 Å². The molecule has 3 rings (SSSR count). The quantitative estimate of drug-likeness (QED) is 0.561. The van der Waals surface area contributed by atoms with Crippen LogP contribution < -0.4 is 5.32 Å². The Kier molecular flexibility index (Phi) is 4.35. The number of benzene rings is 3. The maximum Gasteiger partial charge on any atom is 0.269 e. The van der Waals surface area contributed by atoms with Crippen LogP contribution in [0.4, 0.5) is 5.69 Å². The molecule has 0 spiro atoms. The molecule has 1 atom stereocenters. The van der Waals surface area contributed by atoms with E-state index in [2.05, 4.69) is 5.32 Å². The number of nitro groups is 1. The minimum Gasteiger partial charge on any atom is -0.508 e. The van der Waals surface area contributed by atoms with Gasteiger partial charge in [-0.15, -0.1) is 0 Å². The topological polar surface area (TPSA) is 92.5 Å². The van der Waals surface area contributed by atoms with Crippen LogP contribution in [0, 0.1) is 10.1 Å². The van der Waals surface area contributed by atoms with Crippen LogP contribution in [0.2, 0.25) is 0 Å². The van der Waals surface area contributed by atoms with E-state index < -0.39 is 11.0 Å². The Morgan fingerprint density at radius 2 is 1.76 bits per heavy atom. The predicted octanol–water partition coefficient (Wildman–Crippen LogP) is 3.68. The second-order valence-corrected chi connectivity index (χ2v) is 5.70. The molecular formula is C19H16N2O4. The molecule has 25 heavy (non-hydrogen) atoms. The highest BCUT2D eigenvalue weighted by molar-refractivity contribution is 5.89. The van der Waals surface area contributed by atoms with E-state index in [1.54, 1.807) is 24.3 Å². The number of nitro benzene ring substituents is 1. The Hall–Kier alpha value is -3.41. The molecule has 0 aromatic heterocycles. The molecule has 1 amide bonds. The smallest absolute Gasteiger partial charge is 0.269 e. The number of hydrogen-bond acceptors (Lipinski definition) is 4. The fraction of sp³-hybridized carbons (Fsp3) is 0.105. The zero-order valence-electron chi connectivity index (χ0n) is 13.5. The third kappa shape index (κ3) is 3.28. The highest BCUT2D eigenvalue weighted by Gasteiger charge is 2.22. The molecule has 3 aromatic carbocycles. The number of fused-ring (bicyclic) bond motifs is 1. The summed E-state index contributed by atoms with van der Waals surface area (Å²) in [6.07, 6.45) is 0. The van der Waals surface area contributed by atoms with Crippen molar-refractivity contribution in [2.24, 2.45) is 0 Å². The summed E-state index contributed by atoms with van der Waals surface area (Å²) in [5, 5.41) is 25.8. The van der Waals surface area contributed by atoms with Gasteiger partial charge in [0.05, 0.1) is 11.0 Å². The van der Waals surface area contributed by atoms with Gasteiger partial charge >= 0.3 is 0 Å². The van der Waals surface area contributed by atoms with Crippen LogP contribution >= 0.6 is 0 Å². The molecule has 0 fully saturated rings. The Morgan fingerprint density at radius 3 is 2.40 bits per heavy atom. The molecule has 0 aliphatic rings. The van der Waals surface area contributed by atoms with Crippen molar-refractivity contribution in [3.05, 3.63) is 81.9 Å². The van der Waals surface area contributed by atoms with Crippen LogP contribution in [0.15, 0.2) is 60.7 Å². The van der Waals surface area contributed by atoms with Gasteiger partial charge in [-0.2, -0.15) is 0 Å². The minimum atomic E-state index is -0.621. The van der Waals surface area contributed by atoms with Crippen molar-refractivity contribution in [1.82, 2.24) is 5.32 Å². The van der Waals surface area contributed by atoms with Gasteiger partial charge in [-0.25, -0.2) is 0 Å². The molecule has 0 bridgehead atoms. The molecule has 6 nitrogen and oxygen atoms in total. The SMILES string of the molecule is CC(=O)N[C@H](c1ccc([N+](=O)[O-])cc1)c1c(O)ccc2ccccc12. The van der Waals surface area contributed by atoms with Gasteiger partial charge in [-0.05, 0) is 34.5 Å². The van der Waals surface area contributed by atoms with Crippen LogP contribution in [0.3, 0.4) is 0 Å². The minimum absolute atomic E-state index is 0.0348. The van der Waals surface area contributed by atoms with Crippen molar-refractivity contribution in [3.63, 3.8) is 0 Å². The number of rotatable bonds is 4. The van der Waals surface area contributed by atoms with Crippen molar-refractivity contribution in [1.29, 1.82) is 0 Å². The second-order valence-electron chi connectivity index (χ2n) is 5.70. The zero-order chi connectivity index (χ0) is 18.0. The van der Waals surface area contributed by atoms with Gasteiger partial charge in [0.2, 0.25) is 5.91 Å². The summed E-state index contributed by atoms with van der Waals surface area (Å²) in [6.45, 7) is 1.39. The molecule has 0 radical (unpaired) electrons. The van der Waals surface area contributed by atoms with Crippen molar-refractivity contribution in [2.45, 2.75) is 13.0 Å². The molecule has 0 saturated heterocycles. The summed E-state index contributed by atoms with van der Waals surface area (Å²) in [5.74, 6) is -0.216. The molecular weight excluding hydrogens is 320 g/mol. The number of amides is 1. The lowest BCUT2D eigenvalue weighted by molar-refractivity contribution is -0.384. The molecule has 0 heterocycles. The van der Waals surface area contributed by atoms with E-state index >= 15 is 0 Å². The number of carbonyl (C=O) groups excluding carboxylic acids is 1. The summed E-state index contributed by atoms with van der Waals surface area (Å²) in [6, 6.07) is 16.2. The molecule has 3 aromatic rings. The van der Waals surface area contributed by atoms with Crippen LogP contribution in [0.1, 0.15) is 24.1 Å². The molecule has 126 valence electrons. The largest absolute Gasteiger partial charge is 0.508 e. The number of hydrogen-bond donors (Lipinski definition) is 2. The number of phenols is 1. The Morgan fingerprint density at radius 1 is 1.08 bits per heavy atom. The second kappa shape index (κ2) is 6.60. The number of non-ortho nitro benzene ring substituents is 1. The zero-order valence-corrected chi connectivity index (χ0v) is 13.5. The van der Waals surface area contributed by atoms with Crippen LogP contribution in [0.5, 0.6) is 5.75 Å². The normalized spacial score (nSPS) is 11.9. The van der Waals surface area contributed by atoms with Crippen LogP contribution in [-0.4, -0.2) is 15.9 Å². The van der Waals surface area contributed by atoms with Gasteiger partial charge in [-0.3, -0.25) is 14.9 Å². The first-order chi connectivity index (χ1) is 12.0. The number of carbonyl (C=O) groups is 1. The Bertz CT molecular complexity index is 951. The van der Waals surface area contributed by atoms with E-state index in [1.807, 2.05) is 24.3 Å². The fourth-order valence-electron chi connectivity index (χ4n) is 2.90. The summed E-state index contributed by atoms with van der Waals surface area (Å²) >= 11 is 0. The van der Waals surface area contributed by atoms with Gasteiger partial charge in [0, 0.05) is 24.6 Å². The lowest BCUT2D eigenvalue weighted by Crippen LogP contribution is -2.27. The van der Waals surface area contributed by atoms with Crippen LogP contribution in [0.25, 0.3) is 10.8 Å². The summed E-state index contributed by atoms with van der Waals surface area (Å²) in [4.78, 5) is 22.1. The average molecular weight is 336 g/mol. The molecule has 0 unspecified atom stereocenters. The molecule has 0 aliphatic heterocycles. The first kappa shape index (κ1) is 16.4. The van der Waals surface area contributed by atoms with Gasteiger partial charge in [0.15, 0.2) is 0 Å². The molecule has 0 saturated carbocycles. The summed E-state index contributed by atoms with van der Waals surface area (Å²) in [5.41, 5.74) is 1.17. The van der Waals surface area contributed by atoms with Gasteiger partial charge in [-0.1, -0.05) is 30.3 Å². The summed E-state index contributed by atoms with van der Waals surface area (Å²) in [7, 11) is 0. The average Bonchev–Trinajstić information content (AvgIpc) is 2.60. The van der Waals surface area contributed by atoms with E-state index in [4.69, 9.17) is 0 Å². The number of aromatic hydroxyl groups is 1. The highest BCUT2D eigenvalue weighted by Crippen LogP contribution is 2.36. The first-order valence-corrected chi connectivity index (χ1v) is 7.69. The van der Waals surface area contributed by atoms with E-state index in [0.717, 1.165) is 10.8 Å². The van der Waals surface area contributed by atoms with E-state index in [0.29, 0.717) is 11.1 Å². The summed E-state index contributed by atoms with van der Waals surface area (Å²) < 4.78 is 0. The Balaban J connectivity index is 2.18. The van der Waals surface area contributed by atoms with Crippen molar-refractivity contribution >= 4 is 22.4 Å². The van der Waals surface area contributed by atoms with E-state index in [1.165, 1.54) is 19.1 Å². The first-order valence-electron chi connectivity index (χ1n) is 7.69. The number of nitrogens with one attached hydrogen (secondary N) is 1. The van der Waals surface area contributed by atoms with Gasteiger partial charge < -0.3 is 10.4 Å². The standard InChI is InChI=1S/C19H16N2O4/c1-12(22)20-19(14-6-9-15(10-7-14)21(24)25)18-16-5-3-2-4-13(16)8-11-17(18)23/h2-11,19,23H,1H3,(H,20,22)/t19-/m1/s1. The highest BCUT2D eigenvalue weighted by atomic mass is 16.6. The monoisotopic (exact) mass is 336 g/mol. The van der Waals surface area contributed by atoms with Crippen LogP contribution in [-0.2, 0) is 4.79 Å². The fourth-order valence-corrected chi connectivity index (χ4v) is 2.90. The van der Waals surface area contributed by atoms with Crippen molar-refractivity contribution in [2.75, 3.05) is 0 Å². The third-order valence-electron chi connectivity index (χ3n) is 4.02. The van der Waals surface area contributed by atoms with Gasteiger partial charge in [0.1, 0.15) is 5.75 Å². The van der Waals surface area contributed by atoms with E-state index in [-0.39, 0.29) is 17.3 Å². The number of phenolic OH excluding ortho intramolecular Hbond substituents is 1. The predicted molar refractivity (Wildman–Crippen MR) is 94.4 cm³/mol. The maximum absolute atomic E-state index is 11.7. The van der Waals surface area contributed by atoms with Crippen molar-refractivity contribution in [3.8, 4) is 5.75 Å².